The van der Waals surface area contributed by atoms with Crippen molar-refractivity contribution in [2.75, 3.05) is 18.8 Å². The summed E-state index contributed by atoms with van der Waals surface area (Å²) in [5.74, 6) is 0.835. The Labute approximate surface area is 166 Å². The van der Waals surface area contributed by atoms with E-state index in [1.54, 1.807) is 30.8 Å². The zero-order valence-corrected chi connectivity index (χ0v) is 18.2. The van der Waals surface area contributed by atoms with Gasteiger partial charge in [0, 0.05) is 31.8 Å². The van der Waals surface area contributed by atoms with Crippen LogP contribution in [0, 0.1) is 0 Å². The third-order valence-electron chi connectivity index (χ3n) is 4.45. The molecule has 0 bridgehead atoms. The number of rotatable bonds is 11. The van der Waals surface area contributed by atoms with Gasteiger partial charge in [-0.2, -0.15) is 4.31 Å². The quantitative estimate of drug-likeness (QED) is 0.524. The molecule has 0 saturated carbocycles. The standard InChI is InChI=1S/C19H29N3O3S2/c1-5-8-12-22-18-10-9-16(27(24,25)21(6-2)7-3)14-17(18)20-19(22)26-13-11-15(4)23/h9-10,14H,5-8,11-13H2,1-4H3. The van der Waals surface area contributed by atoms with Crippen LogP contribution in [0.2, 0.25) is 0 Å². The second kappa shape index (κ2) is 9.71. The number of hydrogen-bond donors (Lipinski definition) is 0. The number of imidazole rings is 1. The maximum Gasteiger partial charge on any atom is 0.243 e. The third kappa shape index (κ3) is 5.12. The van der Waals surface area contributed by atoms with E-state index in [2.05, 4.69) is 16.5 Å². The highest BCUT2D eigenvalue weighted by molar-refractivity contribution is 7.99. The summed E-state index contributed by atoms with van der Waals surface area (Å²) >= 11 is 1.55. The first-order valence-electron chi connectivity index (χ1n) is 9.47. The number of sulfonamides is 1. The molecule has 0 fully saturated rings. The maximum absolute atomic E-state index is 12.8. The van der Waals surface area contributed by atoms with E-state index >= 15 is 0 Å². The van der Waals surface area contributed by atoms with Crippen molar-refractivity contribution in [3.63, 3.8) is 0 Å². The molecule has 150 valence electrons. The molecule has 0 unspecified atom stereocenters. The molecule has 2 aromatic rings. The molecule has 0 radical (unpaired) electrons. The second-order valence-electron chi connectivity index (χ2n) is 6.44. The first-order valence-corrected chi connectivity index (χ1v) is 11.9. The predicted octanol–water partition coefficient (Wildman–Crippen LogP) is 3.94. The van der Waals surface area contributed by atoms with Crippen molar-refractivity contribution >= 4 is 38.6 Å². The van der Waals surface area contributed by atoms with Crippen LogP contribution >= 0.6 is 11.8 Å². The van der Waals surface area contributed by atoms with Crippen LogP contribution in [-0.4, -0.2) is 46.9 Å². The van der Waals surface area contributed by atoms with Crippen LogP contribution in [-0.2, 0) is 21.4 Å². The maximum atomic E-state index is 12.8. The summed E-state index contributed by atoms with van der Waals surface area (Å²) in [4.78, 5) is 16.2. The Balaban J connectivity index is 2.44. The van der Waals surface area contributed by atoms with Crippen LogP contribution in [0.1, 0.15) is 47.0 Å². The molecule has 0 amide bonds. The fourth-order valence-electron chi connectivity index (χ4n) is 2.89. The number of ketones is 1. The summed E-state index contributed by atoms with van der Waals surface area (Å²) in [6, 6.07) is 5.19. The minimum absolute atomic E-state index is 0.159. The number of Topliss-reactive ketones (excluding diaryl/α,β-unsaturated/α-hetero) is 1. The fraction of sp³-hybridized carbons (Fsp3) is 0.579. The van der Waals surface area contributed by atoms with E-state index in [0.717, 1.165) is 30.1 Å². The summed E-state index contributed by atoms with van der Waals surface area (Å²) < 4.78 is 29.2. The molecular formula is C19H29N3O3S2. The number of aromatic nitrogens is 2. The van der Waals surface area contributed by atoms with Crippen molar-refractivity contribution in [2.45, 2.75) is 63.6 Å². The molecule has 1 aromatic heterocycles. The summed E-state index contributed by atoms with van der Waals surface area (Å²) in [5.41, 5.74) is 1.62. The SMILES string of the molecule is CCCCn1c(SCCC(C)=O)nc2cc(S(=O)(=O)N(CC)CC)ccc21. The van der Waals surface area contributed by atoms with E-state index in [4.69, 9.17) is 0 Å². The minimum atomic E-state index is -3.51. The highest BCUT2D eigenvalue weighted by Gasteiger charge is 2.23. The Morgan fingerprint density at radius 1 is 1.22 bits per heavy atom. The van der Waals surface area contributed by atoms with E-state index in [0.29, 0.717) is 30.8 Å². The monoisotopic (exact) mass is 411 g/mol. The van der Waals surface area contributed by atoms with Gasteiger partial charge in [0.05, 0.1) is 15.9 Å². The molecule has 0 aliphatic carbocycles. The van der Waals surface area contributed by atoms with Crippen molar-refractivity contribution in [2.24, 2.45) is 0 Å². The average molecular weight is 412 g/mol. The highest BCUT2D eigenvalue weighted by atomic mass is 32.2. The van der Waals surface area contributed by atoms with Crippen LogP contribution in [0.15, 0.2) is 28.3 Å². The molecule has 0 spiro atoms. The molecule has 27 heavy (non-hydrogen) atoms. The molecule has 1 aromatic carbocycles. The number of thioether (sulfide) groups is 1. The fourth-order valence-corrected chi connectivity index (χ4v) is 5.45. The van der Waals surface area contributed by atoms with Crippen molar-refractivity contribution in [1.29, 1.82) is 0 Å². The van der Waals surface area contributed by atoms with E-state index in [9.17, 15) is 13.2 Å². The Bertz CT molecular complexity index is 887. The molecule has 6 nitrogen and oxygen atoms in total. The van der Waals surface area contributed by atoms with E-state index in [1.807, 2.05) is 19.9 Å². The number of benzene rings is 1. The molecule has 0 aliphatic rings. The Hall–Kier alpha value is -1.38. The normalized spacial score (nSPS) is 12.2. The molecule has 8 heteroatoms. The lowest BCUT2D eigenvalue weighted by molar-refractivity contribution is -0.116. The van der Waals surface area contributed by atoms with Crippen LogP contribution in [0.4, 0.5) is 0 Å². The Morgan fingerprint density at radius 2 is 1.93 bits per heavy atom. The Kier molecular flexibility index (Phi) is 7.88. The molecular weight excluding hydrogens is 382 g/mol. The lowest BCUT2D eigenvalue weighted by atomic mass is 10.3. The predicted molar refractivity (Wildman–Crippen MR) is 111 cm³/mol. The smallest absolute Gasteiger partial charge is 0.243 e. The van der Waals surface area contributed by atoms with Gasteiger partial charge in [-0.05, 0) is 31.5 Å². The van der Waals surface area contributed by atoms with Gasteiger partial charge in [-0.1, -0.05) is 39.0 Å². The first-order chi connectivity index (χ1) is 12.8. The Morgan fingerprint density at radius 3 is 2.52 bits per heavy atom. The number of unbranched alkanes of at least 4 members (excludes halogenated alkanes) is 1. The van der Waals surface area contributed by atoms with Crippen molar-refractivity contribution < 1.29 is 13.2 Å². The number of hydrogen-bond acceptors (Lipinski definition) is 5. The summed E-state index contributed by atoms with van der Waals surface area (Å²) in [6.45, 7) is 9.10. The van der Waals surface area contributed by atoms with Gasteiger partial charge in [-0.15, -0.1) is 0 Å². The zero-order valence-electron chi connectivity index (χ0n) is 16.6. The van der Waals surface area contributed by atoms with Crippen LogP contribution < -0.4 is 0 Å². The van der Waals surface area contributed by atoms with Crippen LogP contribution in [0.5, 0.6) is 0 Å². The lowest BCUT2D eigenvalue weighted by Gasteiger charge is -2.18. The topological polar surface area (TPSA) is 72.3 Å². The van der Waals surface area contributed by atoms with Crippen molar-refractivity contribution in [3.8, 4) is 0 Å². The largest absolute Gasteiger partial charge is 0.319 e. The van der Waals surface area contributed by atoms with Gasteiger partial charge >= 0.3 is 0 Å². The van der Waals surface area contributed by atoms with E-state index in [-0.39, 0.29) is 10.7 Å². The number of carbonyl (C=O) groups is 1. The van der Waals surface area contributed by atoms with Crippen molar-refractivity contribution in [1.82, 2.24) is 13.9 Å². The summed E-state index contributed by atoms with van der Waals surface area (Å²) in [5, 5.41) is 0.845. The third-order valence-corrected chi connectivity index (χ3v) is 7.47. The molecule has 2 rings (SSSR count). The van der Waals surface area contributed by atoms with Gasteiger partial charge in [0.2, 0.25) is 10.0 Å². The van der Waals surface area contributed by atoms with Crippen molar-refractivity contribution in [3.05, 3.63) is 18.2 Å². The molecule has 1 heterocycles. The molecule has 0 N–H and O–H groups in total. The second-order valence-corrected chi connectivity index (χ2v) is 9.44. The van der Waals surface area contributed by atoms with Gasteiger partial charge in [-0.25, -0.2) is 13.4 Å². The summed E-state index contributed by atoms with van der Waals surface area (Å²) in [7, 11) is -3.51. The zero-order chi connectivity index (χ0) is 20.0. The van der Waals surface area contributed by atoms with Gasteiger partial charge in [0.25, 0.3) is 0 Å². The highest BCUT2D eigenvalue weighted by Crippen LogP contribution is 2.28. The van der Waals surface area contributed by atoms with Gasteiger partial charge in [0.15, 0.2) is 5.16 Å². The van der Waals surface area contributed by atoms with Crippen LogP contribution in [0.3, 0.4) is 0 Å². The summed E-state index contributed by atoms with van der Waals surface area (Å²) in [6.07, 6.45) is 2.58. The lowest BCUT2D eigenvalue weighted by Crippen LogP contribution is -2.30. The number of aryl methyl sites for hydroxylation is 1. The minimum Gasteiger partial charge on any atom is -0.319 e. The van der Waals surface area contributed by atoms with E-state index < -0.39 is 10.0 Å². The van der Waals surface area contributed by atoms with E-state index in [1.165, 1.54) is 4.31 Å². The van der Waals surface area contributed by atoms with Gasteiger partial charge < -0.3 is 4.57 Å². The average Bonchev–Trinajstić information content (AvgIpc) is 2.97. The van der Waals surface area contributed by atoms with Gasteiger partial charge in [0.1, 0.15) is 5.78 Å². The molecule has 0 saturated heterocycles. The number of carbonyl (C=O) groups excluding carboxylic acids is 1. The molecule has 0 atom stereocenters. The number of nitrogens with zero attached hydrogens (tertiary/aromatic N) is 3. The number of fused-ring (bicyclic) bond motifs is 1. The first kappa shape index (κ1) is 21.9. The van der Waals surface area contributed by atoms with Gasteiger partial charge in [-0.3, -0.25) is 4.79 Å². The molecule has 0 aliphatic heterocycles. The van der Waals surface area contributed by atoms with Crippen LogP contribution in [0.25, 0.3) is 11.0 Å².